The van der Waals surface area contributed by atoms with Crippen LogP contribution in [0.4, 0.5) is 17.6 Å². The van der Waals surface area contributed by atoms with Crippen molar-refractivity contribution in [2.75, 3.05) is 6.54 Å². The predicted octanol–water partition coefficient (Wildman–Crippen LogP) is 1.13. The van der Waals surface area contributed by atoms with E-state index in [1.165, 1.54) is 0 Å². The lowest BCUT2D eigenvalue weighted by atomic mass is 10.1. The largest absolute Gasteiger partial charge is 0.350 e. The lowest BCUT2D eigenvalue weighted by Crippen LogP contribution is -2.42. The van der Waals surface area contributed by atoms with Gasteiger partial charge < -0.3 is 11.1 Å². The Balaban J connectivity index is 3.90. The van der Waals surface area contributed by atoms with Gasteiger partial charge in [-0.05, 0) is 6.42 Å². The summed E-state index contributed by atoms with van der Waals surface area (Å²) in [7, 11) is 0. The zero-order valence-electron chi connectivity index (χ0n) is 8.27. The van der Waals surface area contributed by atoms with E-state index in [2.05, 4.69) is 0 Å². The van der Waals surface area contributed by atoms with Crippen molar-refractivity contribution in [1.82, 2.24) is 5.32 Å². The van der Waals surface area contributed by atoms with Gasteiger partial charge in [0.1, 0.15) is 0 Å². The number of hydrogen-bond acceptors (Lipinski definition) is 2. The number of rotatable bonds is 6. The molecule has 0 aliphatic carbocycles. The van der Waals surface area contributed by atoms with E-state index in [0.717, 1.165) is 0 Å². The molecule has 0 aliphatic heterocycles. The van der Waals surface area contributed by atoms with E-state index in [0.29, 0.717) is 6.42 Å². The van der Waals surface area contributed by atoms with Crippen LogP contribution >= 0.6 is 0 Å². The van der Waals surface area contributed by atoms with Crippen LogP contribution in [0.1, 0.15) is 19.8 Å². The first-order valence-corrected chi connectivity index (χ1v) is 4.47. The minimum atomic E-state index is -4.19. The van der Waals surface area contributed by atoms with E-state index in [1.807, 2.05) is 0 Å². The Morgan fingerprint density at radius 3 is 2.40 bits per heavy atom. The smallest absolute Gasteiger partial charge is 0.324 e. The van der Waals surface area contributed by atoms with Crippen LogP contribution in [0.15, 0.2) is 0 Å². The van der Waals surface area contributed by atoms with Crippen molar-refractivity contribution in [1.29, 1.82) is 0 Å². The van der Waals surface area contributed by atoms with E-state index in [9.17, 15) is 22.4 Å². The van der Waals surface area contributed by atoms with E-state index in [4.69, 9.17) is 5.73 Å². The second-order valence-corrected chi connectivity index (χ2v) is 3.21. The number of nitrogens with one attached hydrogen (secondary N) is 1. The van der Waals surface area contributed by atoms with Crippen LogP contribution in [0.3, 0.4) is 0 Å². The lowest BCUT2D eigenvalue weighted by molar-refractivity contribution is -0.136. The Morgan fingerprint density at radius 2 is 2.00 bits per heavy atom. The zero-order valence-corrected chi connectivity index (χ0v) is 8.27. The molecule has 0 aromatic rings. The zero-order chi connectivity index (χ0) is 12.1. The summed E-state index contributed by atoms with van der Waals surface area (Å²) in [4.78, 5) is 10.9. The molecule has 1 amide bonds. The van der Waals surface area contributed by atoms with Gasteiger partial charge in [-0.2, -0.15) is 8.78 Å². The van der Waals surface area contributed by atoms with E-state index >= 15 is 0 Å². The fourth-order valence-corrected chi connectivity index (χ4v) is 0.748. The molecule has 3 nitrogen and oxygen atoms in total. The number of carbonyl (C=O) groups excluding carboxylic acids is 1. The molecule has 90 valence electrons. The molecule has 0 heterocycles. The van der Waals surface area contributed by atoms with Crippen molar-refractivity contribution in [3.63, 3.8) is 0 Å². The summed E-state index contributed by atoms with van der Waals surface area (Å²) in [5.74, 6) is -4.93. The minimum Gasteiger partial charge on any atom is -0.350 e. The summed E-state index contributed by atoms with van der Waals surface area (Å²) in [5.41, 5.74) is 5.38. The van der Waals surface area contributed by atoms with Crippen LogP contribution in [0, 0.1) is 0 Å². The number of carbonyl (C=O) groups is 1. The molecule has 0 spiro atoms. The standard InChI is InChI=1S/C8H14F4N2O/c1-2-5(13)3-6(15)14-4-8(11,12)7(9)10/h5,7H,2-4,13H2,1H3,(H,14,15). The molecule has 0 aromatic heterocycles. The molecular formula is C8H14F4N2O. The number of halogens is 4. The normalized spacial score (nSPS) is 14.1. The van der Waals surface area contributed by atoms with Gasteiger partial charge in [0.25, 0.3) is 0 Å². The van der Waals surface area contributed by atoms with E-state index < -0.39 is 30.8 Å². The van der Waals surface area contributed by atoms with Gasteiger partial charge in [-0.1, -0.05) is 6.92 Å². The van der Waals surface area contributed by atoms with Gasteiger partial charge in [-0.3, -0.25) is 4.79 Å². The van der Waals surface area contributed by atoms with Gasteiger partial charge in [0.2, 0.25) is 5.91 Å². The Hall–Kier alpha value is -0.850. The number of nitrogens with two attached hydrogens (primary N) is 1. The van der Waals surface area contributed by atoms with Crippen molar-refractivity contribution in [3.05, 3.63) is 0 Å². The average Bonchev–Trinajstić information content (AvgIpc) is 2.14. The highest BCUT2D eigenvalue weighted by atomic mass is 19.3. The average molecular weight is 230 g/mol. The number of amides is 1. The quantitative estimate of drug-likeness (QED) is 0.672. The van der Waals surface area contributed by atoms with Crippen molar-refractivity contribution in [3.8, 4) is 0 Å². The van der Waals surface area contributed by atoms with Crippen LogP contribution in [0.5, 0.6) is 0 Å². The monoisotopic (exact) mass is 230 g/mol. The van der Waals surface area contributed by atoms with Gasteiger partial charge in [0.15, 0.2) is 0 Å². The van der Waals surface area contributed by atoms with Crippen LogP contribution in [-0.4, -0.2) is 30.8 Å². The Morgan fingerprint density at radius 1 is 1.47 bits per heavy atom. The Labute approximate surface area is 85.0 Å². The SMILES string of the molecule is CCC(N)CC(=O)NCC(F)(F)C(F)F. The second-order valence-electron chi connectivity index (χ2n) is 3.21. The van der Waals surface area contributed by atoms with Crippen molar-refractivity contribution in [2.24, 2.45) is 5.73 Å². The van der Waals surface area contributed by atoms with E-state index in [-0.39, 0.29) is 6.42 Å². The topological polar surface area (TPSA) is 55.1 Å². The van der Waals surface area contributed by atoms with Crippen LogP contribution in [0.2, 0.25) is 0 Å². The summed E-state index contributed by atoms with van der Waals surface area (Å²) >= 11 is 0. The first-order valence-electron chi connectivity index (χ1n) is 4.47. The highest BCUT2D eigenvalue weighted by Crippen LogP contribution is 2.21. The third kappa shape index (κ3) is 5.56. The first-order chi connectivity index (χ1) is 6.79. The van der Waals surface area contributed by atoms with Crippen LogP contribution in [-0.2, 0) is 4.79 Å². The molecule has 0 saturated carbocycles. The van der Waals surface area contributed by atoms with Crippen LogP contribution in [0.25, 0.3) is 0 Å². The fraction of sp³-hybridized carbons (Fsp3) is 0.875. The molecule has 0 saturated heterocycles. The van der Waals surface area contributed by atoms with Gasteiger partial charge in [0, 0.05) is 12.5 Å². The molecule has 1 unspecified atom stereocenters. The van der Waals surface area contributed by atoms with Crippen LogP contribution < -0.4 is 11.1 Å². The lowest BCUT2D eigenvalue weighted by Gasteiger charge is -2.16. The third-order valence-corrected chi connectivity index (χ3v) is 1.81. The van der Waals surface area contributed by atoms with E-state index in [1.54, 1.807) is 12.2 Å². The molecule has 0 bridgehead atoms. The number of alkyl halides is 4. The summed E-state index contributed by atoms with van der Waals surface area (Å²) < 4.78 is 48.0. The second kappa shape index (κ2) is 5.89. The summed E-state index contributed by atoms with van der Waals surface area (Å²) in [6.45, 7) is 0.367. The molecule has 15 heavy (non-hydrogen) atoms. The Bertz CT molecular complexity index is 211. The third-order valence-electron chi connectivity index (χ3n) is 1.81. The van der Waals surface area contributed by atoms with Crippen molar-refractivity contribution >= 4 is 5.91 Å². The highest BCUT2D eigenvalue weighted by molar-refractivity contribution is 5.76. The predicted molar refractivity (Wildman–Crippen MR) is 46.8 cm³/mol. The maximum absolute atomic E-state index is 12.3. The molecule has 3 N–H and O–H groups in total. The number of hydrogen-bond donors (Lipinski definition) is 2. The molecular weight excluding hydrogens is 216 g/mol. The molecule has 0 radical (unpaired) electrons. The molecule has 0 rings (SSSR count). The Kier molecular flexibility index (Phi) is 5.56. The molecule has 0 aliphatic rings. The van der Waals surface area contributed by atoms with Crippen molar-refractivity contribution in [2.45, 2.75) is 38.2 Å². The molecule has 0 fully saturated rings. The summed E-state index contributed by atoms with van der Waals surface area (Å²) in [6.07, 6.45) is -3.41. The molecule has 0 aromatic carbocycles. The maximum Gasteiger partial charge on any atom is 0.324 e. The molecule has 1 atom stereocenters. The summed E-state index contributed by atoms with van der Waals surface area (Å²) in [5, 5.41) is 1.72. The fourth-order valence-electron chi connectivity index (χ4n) is 0.748. The maximum atomic E-state index is 12.3. The van der Waals surface area contributed by atoms with Gasteiger partial charge >= 0.3 is 12.3 Å². The minimum absolute atomic E-state index is 0.143. The first kappa shape index (κ1) is 14.2. The summed E-state index contributed by atoms with van der Waals surface area (Å²) in [6, 6.07) is -0.440. The van der Waals surface area contributed by atoms with Gasteiger partial charge in [-0.25, -0.2) is 8.78 Å². The van der Waals surface area contributed by atoms with Gasteiger partial charge in [-0.15, -0.1) is 0 Å². The van der Waals surface area contributed by atoms with Gasteiger partial charge in [0.05, 0.1) is 6.54 Å². The molecule has 7 heteroatoms. The van der Waals surface area contributed by atoms with Crippen molar-refractivity contribution < 1.29 is 22.4 Å². The highest BCUT2D eigenvalue weighted by Gasteiger charge is 2.40.